The summed E-state index contributed by atoms with van der Waals surface area (Å²) in [6.07, 6.45) is 2.57. The number of methoxy groups -OCH3 is 1. The Morgan fingerprint density at radius 2 is 1.90 bits per heavy atom. The van der Waals surface area contributed by atoms with Crippen LogP contribution in [0.2, 0.25) is 0 Å². The molecule has 0 heterocycles. The van der Waals surface area contributed by atoms with E-state index in [1.165, 1.54) is 19.3 Å². The second kappa shape index (κ2) is 6.17. The van der Waals surface area contributed by atoms with Crippen molar-refractivity contribution in [1.29, 1.82) is 0 Å². The first-order valence-electron chi connectivity index (χ1n) is 6.36. The van der Waals surface area contributed by atoms with E-state index in [0.29, 0.717) is 5.56 Å². The van der Waals surface area contributed by atoms with Crippen molar-refractivity contribution in [1.82, 2.24) is 0 Å². The molecule has 1 aromatic carbocycles. The topological polar surface area (TPSA) is 80.7 Å². The molecule has 0 saturated carbocycles. The van der Waals surface area contributed by atoms with Crippen LogP contribution >= 0.6 is 0 Å². The zero-order chi connectivity index (χ0) is 15.4. The smallest absolute Gasteiger partial charge is 0.339 e. The average Bonchev–Trinajstić information content (AvgIpc) is 2.49. The summed E-state index contributed by atoms with van der Waals surface area (Å²) in [4.78, 5) is 35.3. The Labute approximate surface area is 121 Å². The molecule has 2 rings (SSSR count). The molecule has 21 heavy (non-hydrogen) atoms. The first-order valence-corrected chi connectivity index (χ1v) is 6.36. The summed E-state index contributed by atoms with van der Waals surface area (Å²) >= 11 is 0. The molecule has 1 N–H and O–H groups in total. The first kappa shape index (κ1) is 14.7. The molecule has 1 aliphatic rings. The van der Waals surface area contributed by atoms with Gasteiger partial charge in [-0.1, -0.05) is 30.3 Å². The van der Waals surface area contributed by atoms with Gasteiger partial charge in [0.25, 0.3) is 0 Å². The lowest BCUT2D eigenvalue weighted by Crippen LogP contribution is -2.26. The highest BCUT2D eigenvalue weighted by molar-refractivity contribution is 6.19. The van der Waals surface area contributed by atoms with Crippen LogP contribution in [0.5, 0.6) is 0 Å². The number of ether oxygens (including phenoxy) is 1. The largest absolute Gasteiger partial charge is 0.497 e. The molecular formula is C16H14O5. The third-order valence-electron chi connectivity index (χ3n) is 3.22. The van der Waals surface area contributed by atoms with Gasteiger partial charge >= 0.3 is 5.97 Å². The Bertz CT molecular complexity index is 640. The summed E-state index contributed by atoms with van der Waals surface area (Å²) in [5.41, 5.74) is 0.129. The minimum absolute atomic E-state index is 0.0830. The van der Waals surface area contributed by atoms with Gasteiger partial charge in [0.05, 0.1) is 13.0 Å². The van der Waals surface area contributed by atoms with Crippen molar-refractivity contribution in [2.24, 2.45) is 5.92 Å². The number of Topliss-reactive ketones (excluding diaryl/α,β-unsaturated/α-hetero) is 2. The molecule has 108 valence electrons. The molecule has 0 radical (unpaired) electrons. The van der Waals surface area contributed by atoms with Crippen molar-refractivity contribution in [2.75, 3.05) is 7.11 Å². The van der Waals surface area contributed by atoms with Crippen LogP contribution in [0.3, 0.4) is 0 Å². The molecular weight excluding hydrogens is 272 g/mol. The number of hydrogen-bond acceptors (Lipinski definition) is 4. The highest BCUT2D eigenvalue weighted by atomic mass is 16.5. The Morgan fingerprint density at radius 1 is 1.24 bits per heavy atom. The van der Waals surface area contributed by atoms with Crippen LogP contribution in [0.15, 0.2) is 53.8 Å². The van der Waals surface area contributed by atoms with Crippen molar-refractivity contribution >= 4 is 17.5 Å². The molecule has 1 unspecified atom stereocenters. The third-order valence-corrected chi connectivity index (χ3v) is 3.22. The molecule has 1 atom stereocenters. The van der Waals surface area contributed by atoms with Crippen LogP contribution in [0.1, 0.15) is 16.8 Å². The van der Waals surface area contributed by atoms with E-state index < -0.39 is 17.7 Å². The Kier molecular flexibility index (Phi) is 4.33. The molecule has 0 aromatic heterocycles. The molecule has 1 aromatic rings. The van der Waals surface area contributed by atoms with Gasteiger partial charge in [-0.25, -0.2) is 4.79 Å². The van der Waals surface area contributed by atoms with Crippen molar-refractivity contribution in [2.45, 2.75) is 6.42 Å². The van der Waals surface area contributed by atoms with Gasteiger partial charge in [0.1, 0.15) is 11.3 Å². The Hall–Kier alpha value is -2.69. The van der Waals surface area contributed by atoms with Crippen LogP contribution in [0.4, 0.5) is 0 Å². The van der Waals surface area contributed by atoms with Gasteiger partial charge in [-0.05, 0) is 12.2 Å². The lowest BCUT2D eigenvalue weighted by molar-refractivity contribution is -0.135. The van der Waals surface area contributed by atoms with Crippen LogP contribution in [0.25, 0.3) is 0 Å². The number of carboxylic acids is 1. The monoisotopic (exact) mass is 286 g/mol. The van der Waals surface area contributed by atoms with Crippen LogP contribution in [-0.2, 0) is 14.3 Å². The maximum absolute atomic E-state index is 12.1. The van der Waals surface area contributed by atoms with Gasteiger partial charge in [-0.2, -0.15) is 0 Å². The lowest BCUT2D eigenvalue weighted by Gasteiger charge is -2.17. The van der Waals surface area contributed by atoms with E-state index in [1.54, 1.807) is 30.3 Å². The Morgan fingerprint density at radius 3 is 2.48 bits per heavy atom. The van der Waals surface area contributed by atoms with Crippen molar-refractivity contribution in [3.63, 3.8) is 0 Å². The van der Waals surface area contributed by atoms with E-state index in [4.69, 9.17) is 9.84 Å². The predicted molar refractivity (Wildman–Crippen MR) is 74.7 cm³/mol. The maximum Gasteiger partial charge on any atom is 0.339 e. The van der Waals surface area contributed by atoms with E-state index >= 15 is 0 Å². The Balaban J connectivity index is 2.22. The summed E-state index contributed by atoms with van der Waals surface area (Å²) in [5, 5.41) is 9.03. The van der Waals surface area contributed by atoms with Gasteiger partial charge in [-0.15, -0.1) is 0 Å². The number of allylic oxidation sites excluding steroid dienone is 2. The first-order chi connectivity index (χ1) is 10.0. The summed E-state index contributed by atoms with van der Waals surface area (Å²) in [5.74, 6) is -2.65. The summed E-state index contributed by atoms with van der Waals surface area (Å²) in [6, 6.07) is 8.57. The fourth-order valence-corrected chi connectivity index (χ4v) is 2.12. The van der Waals surface area contributed by atoms with Crippen LogP contribution in [0, 0.1) is 5.92 Å². The normalized spacial score (nSPS) is 17.8. The van der Waals surface area contributed by atoms with Crippen molar-refractivity contribution in [3.8, 4) is 0 Å². The number of carbonyl (C=O) groups excluding carboxylic acids is 2. The third kappa shape index (κ3) is 3.25. The minimum Gasteiger partial charge on any atom is -0.497 e. The fourth-order valence-electron chi connectivity index (χ4n) is 2.12. The SMILES string of the molecule is COC1=CC(CC(=O)c2ccccc2)C(=O)C(C(=O)O)=C1. The number of benzene rings is 1. The molecule has 0 amide bonds. The average molecular weight is 286 g/mol. The van der Waals surface area contributed by atoms with Gasteiger partial charge in [0.15, 0.2) is 11.6 Å². The summed E-state index contributed by atoms with van der Waals surface area (Å²) < 4.78 is 5.00. The maximum atomic E-state index is 12.1. The molecule has 0 saturated heterocycles. The molecule has 0 aliphatic heterocycles. The highest BCUT2D eigenvalue weighted by Gasteiger charge is 2.31. The zero-order valence-electron chi connectivity index (χ0n) is 11.4. The second-order valence-corrected chi connectivity index (χ2v) is 4.60. The second-order valence-electron chi connectivity index (χ2n) is 4.60. The zero-order valence-corrected chi connectivity index (χ0v) is 11.4. The lowest BCUT2D eigenvalue weighted by atomic mass is 9.87. The number of carboxylic acid groups (broad SMARTS) is 1. The van der Waals surface area contributed by atoms with E-state index in [-0.39, 0.29) is 23.5 Å². The summed E-state index contributed by atoms with van der Waals surface area (Å²) in [6.45, 7) is 0. The van der Waals surface area contributed by atoms with Gasteiger partial charge in [-0.3, -0.25) is 9.59 Å². The number of ketones is 2. The minimum atomic E-state index is -1.32. The van der Waals surface area contributed by atoms with Gasteiger partial charge in [0.2, 0.25) is 0 Å². The molecule has 5 nitrogen and oxygen atoms in total. The molecule has 0 spiro atoms. The molecule has 0 fully saturated rings. The van der Waals surface area contributed by atoms with E-state index in [1.807, 2.05) is 0 Å². The van der Waals surface area contributed by atoms with Crippen LogP contribution < -0.4 is 0 Å². The van der Waals surface area contributed by atoms with Crippen molar-refractivity contribution < 1.29 is 24.2 Å². The van der Waals surface area contributed by atoms with Crippen molar-refractivity contribution in [3.05, 3.63) is 59.4 Å². The summed E-state index contributed by atoms with van der Waals surface area (Å²) in [7, 11) is 1.38. The number of aliphatic carboxylic acids is 1. The molecule has 5 heteroatoms. The van der Waals surface area contributed by atoms with E-state index in [0.717, 1.165) is 0 Å². The molecule has 1 aliphatic carbocycles. The highest BCUT2D eigenvalue weighted by Crippen LogP contribution is 2.24. The van der Waals surface area contributed by atoms with E-state index in [2.05, 4.69) is 0 Å². The molecule has 0 bridgehead atoms. The predicted octanol–water partition coefficient (Wildman–Crippen LogP) is 2.00. The number of carbonyl (C=O) groups is 3. The quantitative estimate of drug-likeness (QED) is 0.661. The standard InChI is InChI=1S/C16H14O5/c1-21-12-7-11(15(18)13(9-12)16(19)20)8-14(17)10-5-3-2-4-6-10/h2-7,9,11H,8H2,1H3,(H,19,20). The van der Waals surface area contributed by atoms with Crippen LogP contribution in [-0.4, -0.2) is 29.8 Å². The van der Waals surface area contributed by atoms with Gasteiger partial charge < -0.3 is 9.84 Å². The van der Waals surface area contributed by atoms with Gasteiger partial charge in [0, 0.05) is 12.0 Å². The van der Waals surface area contributed by atoms with E-state index in [9.17, 15) is 14.4 Å². The number of hydrogen-bond donors (Lipinski definition) is 1. The number of rotatable bonds is 5. The fraction of sp³-hybridized carbons (Fsp3) is 0.188.